The van der Waals surface area contributed by atoms with Crippen molar-refractivity contribution in [3.05, 3.63) is 29.8 Å². The monoisotopic (exact) mass is 293 g/mol. The van der Waals surface area contributed by atoms with Gasteiger partial charge in [-0.15, -0.1) is 13.2 Å². The maximum absolute atomic E-state index is 12.0. The average molecular weight is 293 g/mol. The molecule has 0 aromatic heterocycles. The molecular weight excluding hydrogens is 275 g/mol. The first-order valence-electron chi connectivity index (χ1n) is 6.00. The molecule has 0 aliphatic heterocycles. The van der Waals surface area contributed by atoms with Crippen LogP contribution in [0.4, 0.5) is 13.2 Å². The lowest BCUT2D eigenvalue weighted by molar-refractivity contribution is -0.274. The molecule has 0 bridgehead atoms. The Hall–Kier alpha value is -1.31. The van der Waals surface area contributed by atoms with E-state index in [9.17, 15) is 13.2 Å². The molecule has 1 aromatic carbocycles. The molecular formula is C13H18F3NO3. The number of alkyl halides is 3. The summed E-state index contributed by atoms with van der Waals surface area (Å²) in [5.41, 5.74) is 0.838. The minimum absolute atomic E-state index is 0.0530. The van der Waals surface area contributed by atoms with Gasteiger partial charge in [-0.3, -0.25) is 0 Å². The molecule has 0 fully saturated rings. The van der Waals surface area contributed by atoms with Crippen molar-refractivity contribution in [2.24, 2.45) is 0 Å². The molecule has 1 aromatic rings. The molecule has 0 saturated carbocycles. The smallest absolute Gasteiger partial charge is 0.406 e. The number of ether oxygens (including phenoxy) is 3. The Kier molecular flexibility index (Phi) is 6.25. The highest BCUT2D eigenvalue weighted by Crippen LogP contribution is 2.24. The predicted octanol–water partition coefficient (Wildman–Crippen LogP) is 2.85. The second-order valence-corrected chi connectivity index (χ2v) is 4.15. The summed E-state index contributed by atoms with van der Waals surface area (Å²) < 4.78 is 49.9. The molecule has 0 aliphatic rings. The van der Waals surface area contributed by atoms with Crippen LogP contribution < -0.4 is 10.1 Å². The quantitative estimate of drug-likeness (QED) is 0.785. The molecule has 1 atom stereocenters. The van der Waals surface area contributed by atoms with E-state index >= 15 is 0 Å². The van der Waals surface area contributed by atoms with Gasteiger partial charge in [-0.05, 0) is 24.6 Å². The largest absolute Gasteiger partial charge is 0.573 e. The Morgan fingerprint density at radius 1 is 1.10 bits per heavy atom. The van der Waals surface area contributed by atoms with Crippen LogP contribution in [0.25, 0.3) is 0 Å². The minimum Gasteiger partial charge on any atom is -0.406 e. The normalized spacial score (nSPS) is 13.6. The van der Waals surface area contributed by atoms with Gasteiger partial charge < -0.3 is 19.5 Å². The highest BCUT2D eigenvalue weighted by atomic mass is 19.4. The second-order valence-electron chi connectivity index (χ2n) is 4.15. The SMILES string of the molecule is COC(CNC(C)c1ccc(OC(F)(F)F)cc1)OC. The first-order chi connectivity index (χ1) is 9.35. The lowest BCUT2D eigenvalue weighted by Crippen LogP contribution is -2.31. The number of methoxy groups -OCH3 is 2. The summed E-state index contributed by atoms with van der Waals surface area (Å²) in [6.45, 7) is 2.36. The number of benzene rings is 1. The van der Waals surface area contributed by atoms with E-state index in [4.69, 9.17) is 9.47 Å². The molecule has 0 spiro atoms. The van der Waals surface area contributed by atoms with Crippen molar-refractivity contribution in [1.82, 2.24) is 5.32 Å². The lowest BCUT2D eigenvalue weighted by Gasteiger charge is -2.19. The van der Waals surface area contributed by atoms with Crippen LogP contribution in [0, 0.1) is 0 Å². The molecule has 0 radical (unpaired) electrons. The van der Waals surface area contributed by atoms with E-state index in [1.807, 2.05) is 6.92 Å². The molecule has 114 valence electrons. The Balaban J connectivity index is 2.55. The summed E-state index contributed by atoms with van der Waals surface area (Å²) in [6.07, 6.45) is -5.04. The lowest BCUT2D eigenvalue weighted by atomic mass is 10.1. The van der Waals surface area contributed by atoms with E-state index in [2.05, 4.69) is 10.1 Å². The summed E-state index contributed by atoms with van der Waals surface area (Å²) >= 11 is 0. The molecule has 0 amide bonds. The van der Waals surface area contributed by atoms with Crippen molar-refractivity contribution in [2.45, 2.75) is 25.6 Å². The van der Waals surface area contributed by atoms with Crippen LogP contribution in [0.15, 0.2) is 24.3 Å². The molecule has 0 aliphatic carbocycles. The van der Waals surface area contributed by atoms with Gasteiger partial charge in [0.15, 0.2) is 6.29 Å². The van der Waals surface area contributed by atoms with Crippen LogP contribution in [-0.2, 0) is 9.47 Å². The summed E-state index contributed by atoms with van der Waals surface area (Å²) in [4.78, 5) is 0. The molecule has 1 unspecified atom stereocenters. The number of rotatable bonds is 7. The van der Waals surface area contributed by atoms with Crippen molar-refractivity contribution >= 4 is 0 Å². The Bertz CT molecular complexity index is 391. The van der Waals surface area contributed by atoms with E-state index in [-0.39, 0.29) is 18.1 Å². The Morgan fingerprint density at radius 2 is 1.65 bits per heavy atom. The van der Waals surface area contributed by atoms with Gasteiger partial charge in [0.25, 0.3) is 0 Å². The van der Waals surface area contributed by atoms with E-state index in [0.717, 1.165) is 5.56 Å². The molecule has 0 saturated heterocycles. The summed E-state index contributed by atoms with van der Waals surface area (Å²) in [6, 6.07) is 5.67. The van der Waals surface area contributed by atoms with Gasteiger partial charge in [-0.2, -0.15) is 0 Å². The van der Waals surface area contributed by atoms with E-state index in [1.165, 1.54) is 26.4 Å². The number of hydrogen-bond donors (Lipinski definition) is 1. The maximum atomic E-state index is 12.0. The summed E-state index contributed by atoms with van der Waals surface area (Å²) in [7, 11) is 3.06. The third-order valence-electron chi connectivity index (χ3n) is 2.73. The van der Waals surface area contributed by atoms with E-state index in [0.29, 0.717) is 6.54 Å². The molecule has 0 heterocycles. The third kappa shape index (κ3) is 5.77. The maximum Gasteiger partial charge on any atom is 0.573 e. The van der Waals surface area contributed by atoms with Crippen LogP contribution in [0.5, 0.6) is 5.75 Å². The van der Waals surface area contributed by atoms with Crippen molar-refractivity contribution in [3.63, 3.8) is 0 Å². The first kappa shape index (κ1) is 16.7. The fraction of sp³-hybridized carbons (Fsp3) is 0.538. The van der Waals surface area contributed by atoms with Gasteiger partial charge >= 0.3 is 6.36 Å². The van der Waals surface area contributed by atoms with Gasteiger partial charge in [-0.1, -0.05) is 12.1 Å². The van der Waals surface area contributed by atoms with Gasteiger partial charge in [0.05, 0.1) is 0 Å². The topological polar surface area (TPSA) is 39.7 Å². The van der Waals surface area contributed by atoms with Crippen molar-refractivity contribution in [1.29, 1.82) is 0 Å². The van der Waals surface area contributed by atoms with Crippen molar-refractivity contribution in [2.75, 3.05) is 20.8 Å². The van der Waals surface area contributed by atoms with Crippen LogP contribution in [0.3, 0.4) is 0 Å². The zero-order valence-electron chi connectivity index (χ0n) is 11.5. The fourth-order valence-corrected chi connectivity index (χ4v) is 1.61. The highest BCUT2D eigenvalue weighted by Gasteiger charge is 2.31. The Labute approximate surface area is 115 Å². The fourth-order valence-electron chi connectivity index (χ4n) is 1.61. The van der Waals surface area contributed by atoms with Crippen LogP contribution in [-0.4, -0.2) is 33.4 Å². The van der Waals surface area contributed by atoms with E-state index < -0.39 is 6.36 Å². The molecule has 20 heavy (non-hydrogen) atoms. The number of halogens is 3. The Morgan fingerprint density at radius 3 is 2.10 bits per heavy atom. The predicted molar refractivity (Wildman–Crippen MR) is 67.3 cm³/mol. The molecule has 1 rings (SSSR count). The van der Waals surface area contributed by atoms with Crippen LogP contribution >= 0.6 is 0 Å². The van der Waals surface area contributed by atoms with Crippen molar-refractivity contribution in [3.8, 4) is 5.75 Å². The van der Waals surface area contributed by atoms with Gasteiger partial charge in [-0.25, -0.2) is 0 Å². The summed E-state index contributed by atoms with van der Waals surface area (Å²) in [5, 5.41) is 3.16. The first-order valence-corrected chi connectivity index (χ1v) is 6.00. The van der Waals surface area contributed by atoms with Gasteiger partial charge in [0, 0.05) is 26.8 Å². The number of hydrogen-bond acceptors (Lipinski definition) is 4. The van der Waals surface area contributed by atoms with Crippen molar-refractivity contribution < 1.29 is 27.4 Å². The van der Waals surface area contributed by atoms with Crippen LogP contribution in [0.1, 0.15) is 18.5 Å². The van der Waals surface area contributed by atoms with Crippen LogP contribution in [0.2, 0.25) is 0 Å². The zero-order valence-corrected chi connectivity index (χ0v) is 11.5. The van der Waals surface area contributed by atoms with E-state index in [1.54, 1.807) is 12.1 Å². The number of nitrogens with one attached hydrogen (secondary N) is 1. The zero-order chi connectivity index (χ0) is 15.2. The minimum atomic E-state index is -4.67. The summed E-state index contributed by atoms with van der Waals surface area (Å²) in [5.74, 6) is -0.236. The third-order valence-corrected chi connectivity index (χ3v) is 2.73. The van der Waals surface area contributed by atoms with Gasteiger partial charge in [0.1, 0.15) is 5.75 Å². The highest BCUT2D eigenvalue weighted by molar-refractivity contribution is 5.29. The molecule has 4 nitrogen and oxygen atoms in total. The van der Waals surface area contributed by atoms with Gasteiger partial charge in [0.2, 0.25) is 0 Å². The molecule has 7 heteroatoms. The molecule has 1 N–H and O–H groups in total. The average Bonchev–Trinajstić information content (AvgIpc) is 2.38. The standard InChI is InChI=1S/C13H18F3NO3/c1-9(17-8-12(18-2)19-3)10-4-6-11(7-5-10)20-13(14,15)16/h4-7,9,12,17H,8H2,1-3H3. The second kappa shape index (κ2) is 7.47.